The molecule has 2 aromatic rings. The van der Waals surface area contributed by atoms with E-state index in [9.17, 15) is 9.59 Å². The van der Waals surface area contributed by atoms with Crippen LogP contribution in [0.25, 0.3) is 0 Å². The van der Waals surface area contributed by atoms with Crippen LogP contribution in [0.2, 0.25) is 0 Å². The van der Waals surface area contributed by atoms with Gasteiger partial charge in [0.05, 0.1) is 27.4 Å². The van der Waals surface area contributed by atoms with Crippen molar-refractivity contribution in [1.29, 1.82) is 0 Å². The molecular formula is C21H25NO6. The molecule has 28 heavy (non-hydrogen) atoms. The number of nitrogens with one attached hydrogen (secondary N) is 1. The summed E-state index contributed by atoms with van der Waals surface area (Å²) in [4.78, 5) is 24.4. The average molecular weight is 387 g/mol. The van der Waals surface area contributed by atoms with Crippen LogP contribution in [0.5, 0.6) is 17.2 Å². The Morgan fingerprint density at radius 2 is 1.57 bits per heavy atom. The molecule has 0 aliphatic carbocycles. The van der Waals surface area contributed by atoms with Gasteiger partial charge in [0.25, 0.3) is 5.91 Å². The van der Waals surface area contributed by atoms with Crippen molar-refractivity contribution in [2.24, 2.45) is 0 Å². The minimum Gasteiger partial charge on any atom is -0.496 e. The van der Waals surface area contributed by atoms with Crippen LogP contribution in [-0.4, -0.2) is 39.3 Å². The molecule has 0 heterocycles. The molecule has 1 amide bonds. The smallest absolute Gasteiger partial charge is 0.341 e. The largest absolute Gasteiger partial charge is 0.496 e. The van der Waals surface area contributed by atoms with Crippen LogP contribution in [-0.2, 0) is 11.3 Å². The quantitative estimate of drug-likeness (QED) is 0.665. The lowest BCUT2D eigenvalue weighted by Gasteiger charge is -2.13. The molecule has 7 nitrogen and oxygen atoms in total. The van der Waals surface area contributed by atoms with Crippen molar-refractivity contribution in [1.82, 2.24) is 5.32 Å². The Bertz CT molecular complexity index is 834. The van der Waals surface area contributed by atoms with Crippen LogP contribution in [0.15, 0.2) is 36.4 Å². The summed E-state index contributed by atoms with van der Waals surface area (Å²) in [5, 5.41) is 2.83. The van der Waals surface area contributed by atoms with Gasteiger partial charge >= 0.3 is 5.97 Å². The molecule has 0 saturated carbocycles. The number of amides is 1. The third-order valence-electron chi connectivity index (χ3n) is 3.93. The van der Waals surface area contributed by atoms with E-state index in [1.807, 2.05) is 13.8 Å². The van der Waals surface area contributed by atoms with Crippen molar-refractivity contribution in [2.75, 3.05) is 27.4 Å². The van der Waals surface area contributed by atoms with E-state index >= 15 is 0 Å². The average Bonchev–Trinajstić information content (AvgIpc) is 2.72. The number of esters is 1. The fourth-order valence-corrected chi connectivity index (χ4v) is 2.61. The van der Waals surface area contributed by atoms with Gasteiger partial charge in [-0.15, -0.1) is 0 Å². The molecule has 0 bridgehead atoms. The molecule has 0 atom stereocenters. The summed E-state index contributed by atoms with van der Waals surface area (Å²) in [6, 6.07) is 10.1. The molecule has 0 saturated heterocycles. The van der Waals surface area contributed by atoms with Gasteiger partial charge in [-0.1, -0.05) is 6.07 Å². The van der Waals surface area contributed by atoms with Gasteiger partial charge in [-0.3, -0.25) is 4.79 Å². The van der Waals surface area contributed by atoms with Crippen LogP contribution in [0.1, 0.15) is 40.1 Å². The van der Waals surface area contributed by atoms with E-state index in [0.717, 1.165) is 5.56 Å². The maximum Gasteiger partial charge on any atom is 0.341 e. The zero-order valence-electron chi connectivity index (χ0n) is 16.5. The number of hydrogen-bond donors (Lipinski definition) is 1. The predicted molar refractivity (Wildman–Crippen MR) is 104 cm³/mol. The Balaban J connectivity index is 2.13. The highest BCUT2D eigenvalue weighted by molar-refractivity contribution is 5.95. The minimum atomic E-state index is -0.502. The molecule has 0 aromatic heterocycles. The van der Waals surface area contributed by atoms with Gasteiger partial charge in [-0.05, 0) is 49.7 Å². The Labute approximate surface area is 164 Å². The topological polar surface area (TPSA) is 83.1 Å². The van der Waals surface area contributed by atoms with Gasteiger partial charge in [0.1, 0.15) is 11.3 Å². The van der Waals surface area contributed by atoms with Crippen molar-refractivity contribution in [3.8, 4) is 17.2 Å². The third-order valence-corrected chi connectivity index (χ3v) is 3.93. The normalized spacial score (nSPS) is 10.1. The lowest BCUT2D eigenvalue weighted by atomic mass is 10.1. The van der Waals surface area contributed by atoms with Crippen molar-refractivity contribution in [3.05, 3.63) is 53.1 Å². The first kappa shape index (κ1) is 21.1. The van der Waals surface area contributed by atoms with Gasteiger partial charge in [0.15, 0.2) is 11.5 Å². The van der Waals surface area contributed by atoms with E-state index < -0.39 is 5.97 Å². The number of hydrogen-bond acceptors (Lipinski definition) is 6. The second kappa shape index (κ2) is 10.2. The summed E-state index contributed by atoms with van der Waals surface area (Å²) in [5.41, 5.74) is 1.50. The van der Waals surface area contributed by atoms with E-state index in [4.69, 9.17) is 18.9 Å². The molecule has 0 radical (unpaired) electrons. The zero-order chi connectivity index (χ0) is 20.5. The van der Waals surface area contributed by atoms with Crippen molar-refractivity contribution in [3.63, 3.8) is 0 Å². The molecule has 150 valence electrons. The van der Waals surface area contributed by atoms with E-state index in [0.29, 0.717) is 41.6 Å². The predicted octanol–water partition coefficient (Wildman–Crippen LogP) is 3.21. The number of rotatable bonds is 9. The monoisotopic (exact) mass is 387 g/mol. The molecule has 0 aliphatic rings. The Kier molecular flexibility index (Phi) is 7.68. The molecule has 0 spiro atoms. The van der Waals surface area contributed by atoms with E-state index in [-0.39, 0.29) is 12.5 Å². The Morgan fingerprint density at radius 3 is 2.21 bits per heavy atom. The summed E-state index contributed by atoms with van der Waals surface area (Å²) in [5.74, 6) is 0.764. The fraction of sp³-hybridized carbons (Fsp3) is 0.333. The van der Waals surface area contributed by atoms with E-state index in [2.05, 4.69) is 5.32 Å². The number of carbonyl (C=O) groups is 2. The van der Waals surface area contributed by atoms with Crippen LogP contribution in [0, 0.1) is 0 Å². The van der Waals surface area contributed by atoms with E-state index in [1.54, 1.807) is 36.4 Å². The highest BCUT2D eigenvalue weighted by atomic mass is 16.5. The lowest BCUT2D eigenvalue weighted by molar-refractivity contribution is 0.0597. The molecule has 2 rings (SSSR count). The maximum absolute atomic E-state index is 12.5. The summed E-state index contributed by atoms with van der Waals surface area (Å²) in [6.45, 7) is 4.96. The first-order valence-corrected chi connectivity index (χ1v) is 8.97. The highest BCUT2D eigenvalue weighted by Gasteiger charge is 2.15. The first-order chi connectivity index (χ1) is 13.5. The fourth-order valence-electron chi connectivity index (χ4n) is 2.61. The molecule has 7 heteroatoms. The summed E-state index contributed by atoms with van der Waals surface area (Å²) in [6.07, 6.45) is 0. The number of benzene rings is 2. The SMILES string of the molecule is CCOc1ccc(C(=O)NCc2ccc(OC)c(C(=O)OC)c2)cc1OCC. The maximum atomic E-state index is 12.5. The molecular weight excluding hydrogens is 362 g/mol. The molecule has 1 N–H and O–H groups in total. The molecule has 2 aromatic carbocycles. The third kappa shape index (κ3) is 5.16. The van der Waals surface area contributed by atoms with Crippen molar-refractivity contribution >= 4 is 11.9 Å². The second-order valence-corrected chi connectivity index (χ2v) is 5.74. The standard InChI is InChI=1S/C21H25NO6/c1-5-27-18-10-8-15(12-19(18)28-6-2)20(23)22-13-14-7-9-17(25-3)16(11-14)21(24)26-4/h7-12H,5-6,13H2,1-4H3,(H,22,23). The molecule has 0 unspecified atom stereocenters. The minimum absolute atomic E-state index is 0.240. The van der Waals surface area contributed by atoms with Gasteiger partial charge in [-0.2, -0.15) is 0 Å². The van der Waals surface area contributed by atoms with Crippen LogP contribution >= 0.6 is 0 Å². The molecule has 0 aliphatic heterocycles. The van der Waals surface area contributed by atoms with Gasteiger partial charge in [0, 0.05) is 12.1 Å². The van der Waals surface area contributed by atoms with Gasteiger partial charge in [-0.25, -0.2) is 4.79 Å². The summed E-state index contributed by atoms with van der Waals surface area (Å²) < 4.78 is 21.0. The van der Waals surface area contributed by atoms with Crippen molar-refractivity contribution in [2.45, 2.75) is 20.4 Å². The van der Waals surface area contributed by atoms with Crippen molar-refractivity contribution < 1.29 is 28.5 Å². The summed E-state index contributed by atoms with van der Waals surface area (Å²) in [7, 11) is 2.78. The van der Waals surface area contributed by atoms with Gasteiger partial charge in [0.2, 0.25) is 0 Å². The van der Waals surface area contributed by atoms with Crippen LogP contribution in [0.3, 0.4) is 0 Å². The second-order valence-electron chi connectivity index (χ2n) is 5.74. The van der Waals surface area contributed by atoms with Crippen LogP contribution in [0.4, 0.5) is 0 Å². The Hall–Kier alpha value is -3.22. The Morgan fingerprint density at radius 1 is 0.893 bits per heavy atom. The summed E-state index contributed by atoms with van der Waals surface area (Å²) >= 11 is 0. The first-order valence-electron chi connectivity index (χ1n) is 8.97. The molecule has 0 fully saturated rings. The number of methoxy groups -OCH3 is 2. The van der Waals surface area contributed by atoms with Crippen LogP contribution < -0.4 is 19.5 Å². The number of carbonyl (C=O) groups excluding carboxylic acids is 2. The lowest BCUT2D eigenvalue weighted by Crippen LogP contribution is -2.23. The highest BCUT2D eigenvalue weighted by Crippen LogP contribution is 2.28. The zero-order valence-corrected chi connectivity index (χ0v) is 16.5. The van der Waals surface area contributed by atoms with Gasteiger partial charge < -0.3 is 24.3 Å². The van der Waals surface area contributed by atoms with E-state index in [1.165, 1.54) is 14.2 Å². The number of ether oxygens (including phenoxy) is 4.